The van der Waals surface area contributed by atoms with Crippen LogP contribution in [0.5, 0.6) is 0 Å². The molecular formula is C15H24N2O4. The van der Waals surface area contributed by atoms with Gasteiger partial charge in [-0.05, 0) is 19.3 Å². The van der Waals surface area contributed by atoms with E-state index < -0.39 is 11.9 Å². The van der Waals surface area contributed by atoms with Gasteiger partial charge in [-0.1, -0.05) is 19.8 Å². The molecular weight excluding hydrogens is 272 g/mol. The lowest BCUT2D eigenvalue weighted by molar-refractivity contribution is -0.141. The molecule has 0 aromatic heterocycles. The molecule has 21 heavy (non-hydrogen) atoms. The smallest absolute Gasteiger partial charge is 0.306 e. The fourth-order valence-corrected chi connectivity index (χ4v) is 3.16. The molecule has 2 aliphatic rings. The third-order valence-corrected chi connectivity index (χ3v) is 4.59. The maximum Gasteiger partial charge on any atom is 0.306 e. The number of carbonyl (C=O) groups excluding carboxylic acids is 2. The van der Waals surface area contributed by atoms with Crippen molar-refractivity contribution >= 4 is 17.8 Å². The summed E-state index contributed by atoms with van der Waals surface area (Å²) in [6.07, 6.45) is 5.13. The van der Waals surface area contributed by atoms with Crippen molar-refractivity contribution in [3.05, 3.63) is 0 Å². The molecule has 0 aromatic carbocycles. The van der Waals surface area contributed by atoms with Crippen LogP contribution in [0, 0.1) is 11.8 Å². The van der Waals surface area contributed by atoms with Crippen LogP contribution in [0.2, 0.25) is 0 Å². The number of carboxylic acid groups (broad SMARTS) is 1. The quantitative estimate of drug-likeness (QED) is 0.765. The number of hydrogen-bond acceptors (Lipinski definition) is 3. The van der Waals surface area contributed by atoms with Gasteiger partial charge in [0.15, 0.2) is 0 Å². The lowest BCUT2D eigenvalue weighted by Gasteiger charge is -2.23. The Kier molecular flexibility index (Phi) is 5.20. The average molecular weight is 296 g/mol. The molecule has 2 amide bonds. The minimum Gasteiger partial charge on any atom is -0.481 e. The molecule has 0 bridgehead atoms. The number of aliphatic carboxylic acids is 1. The van der Waals surface area contributed by atoms with E-state index in [9.17, 15) is 14.4 Å². The van der Waals surface area contributed by atoms with Gasteiger partial charge in [0.05, 0.1) is 11.8 Å². The summed E-state index contributed by atoms with van der Waals surface area (Å²) in [5.74, 6) is -1.64. The van der Waals surface area contributed by atoms with E-state index in [4.69, 9.17) is 5.11 Å². The number of rotatable bonds is 6. The van der Waals surface area contributed by atoms with Crippen LogP contribution in [-0.2, 0) is 14.4 Å². The van der Waals surface area contributed by atoms with Gasteiger partial charge >= 0.3 is 5.97 Å². The fraction of sp³-hybridized carbons (Fsp3) is 0.800. The van der Waals surface area contributed by atoms with Gasteiger partial charge in [0, 0.05) is 25.6 Å². The van der Waals surface area contributed by atoms with Crippen molar-refractivity contribution < 1.29 is 19.5 Å². The zero-order chi connectivity index (χ0) is 15.4. The van der Waals surface area contributed by atoms with Crippen LogP contribution in [-0.4, -0.2) is 46.9 Å². The molecule has 0 spiro atoms. The van der Waals surface area contributed by atoms with Gasteiger partial charge in [0.1, 0.15) is 0 Å². The molecule has 1 saturated heterocycles. The highest BCUT2D eigenvalue weighted by Crippen LogP contribution is 2.29. The predicted octanol–water partition coefficient (Wildman–Crippen LogP) is 1.00. The molecule has 0 radical (unpaired) electrons. The second-order valence-corrected chi connectivity index (χ2v) is 6.20. The van der Waals surface area contributed by atoms with Crippen molar-refractivity contribution in [3.8, 4) is 0 Å². The van der Waals surface area contributed by atoms with E-state index in [0.717, 1.165) is 12.8 Å². The SMILES string of the molecule is CC(CCNC(=O)C1CC(=O)N(C2CCCC2)C1)C(=O)O. The first-order valence-electron chi connectivity index (χ1n) is 7.79. The number of hydrogen-bond donors (Lipinski definition) is 2. The molecule has 0 aromatic rings. The minimum absolute atomic E-state index is 0.0842. The summed E-state index contributed by atoms with van der Waals surface area (Å²) in [6.45, 7) is 2.49. The standard InChI is InChI=1S/C15H24N2O4/c1-10(15(20)21)6-7-16-14(19)11-8-13(18)17(9-11)12-4-2-3-5-12/h10-12H,2-9H2,1H3,(H,16,19)(H,20,21). The third kappa shape index (κ3) is 3.95. The van der Waals surface area contributed by atoms with Gasteiger partial charge in [0.25, 0.3) is 0 Å². The van der Waals surface area contributed by atoms with Gasteiger partial charge in [-0.25, -0.2) is 0 Å². The van der Waals surface area contributed by atoms with Crippen LogP contribution in [0.3, 0.4) is 0 Å². The van der Waals surface area contributed by atoms with Gasteiger partial charge in [0.2, 0.25) is 11.8 Å². The van der Waals surface area contributed by atoms with Crippen LogP contribution >= 0.6 is 0 Å². The van der Waals surface area contributed by atoms with E-state index in [-0.39, 0.29) is 24.2 Å². The summed E-state index contributed by atoms with van der Waals surface area (Å²) < 4.78 is 0. The van der Waals surface area contributed by atoms with E-state index >= 15 is 0 Å². The van der Waals surface area contributed by atoms with Crippen LogP contribution in [0.15, 0.2) is 0 Å². The van der Waals surface area contributed by atoms with Crippen LogP contribution < -0.4 is 5.32 Å². The molecule has 2 rings (SSSR count). The van der Waals surface area contributed by atoms with Gasteiger partial charge in [-0.3, -0.25) is 14.4 Å². The molecule has 118 valence electrons. The highest BCUT2D eigenvalue weighted by molar-refractivity contribution is 5.89. The Balaban J connectivity index is 1.76. The normalized spacial score (nSPS) is 24.3. The van der Waals surface area contributed by atoms with Crippen molar-refractivity contribution in [2.45, 2.75) is 51.5 Å². The molecule has 2 atom stereocenters. The summed E-state index contributed by atoms with van der Waals surface area (Å²) in [7, 11) is 0. The van der Waals surface area contributed by atoms with Crippen LogP contribution in [0.4, 0.5) is 0 Å². The highest BCUT2D eigenvalue weighted by atomic mass is 16.4. The Labute approximate surface area is 124 Å². The third-order valence-electron chi connectivity index (χ3n) is 4.59. The predicted molar refractivity (Wildman–Crippen MR) is 76.5 cm³/mol. The van der Waals surface area contributed by atoms with Gasteiger partial charge < -0.3 is 15.3 Å². The largest absolute Gasteiger partial charge is 0.481 e. The maximum absolute atomic E-state index is 12.1. The second kappa shape index (κ2) is 6.91. The van der Waals surface area contributed by atoms with Crippen molar-refractivity contribution in [2.75, 3.05) is 13.1 Å². The number of likely N-dealkylation sites (tertiary alicyclic amines) is 1. The second-order valence-electron chi connectivity index (χ2n) is 6.20. The maximum atomic E-state index is 12.1. The Morgan fingerprint density at radius 3 is 2.67 bits per heavy atom. The number of nitrogens with zero attached hydrogens (tertiary/aromatic N) is 1. The first kappa shape index (κ1) is 15.8. The van der Waals surface area contributed by atoms with Crippen molar-refractivity contribution in [3.63, 3.8) is 0 Å². The topological polar surface area (TPSA) is 86.7 Å². The molecule has 2 fully saturated rings. The summed E-state index contributed by atoms with van der Waals surface area (Å²) in [4.78, 5) is 36.7. The molecule has 1 aliphatic carbocycles. The Morgan fingerprint density at radius 2 is 2.05 bits per heavy atom. The van der Waals surface area contributed by atoms with E-state index in [0.29, 0.717) is 25.6 Å². The zero-order valence-corrected chi connectivity index (χ0v) is 12.5. The monoisotopic (exact) mass is 296 g/mol. The summed E-state index contributed by atoms with van der Waals surface area (Å²) in [6, 6.07) is 0.322. The van der Waals surface area contributed by atoms with E-state index in [1.165, 1.54) is 12.8 Å². The molecule has 2 N–H and O–H groups in total. The average Bonchev–Trinajstić information content (AvgIpc) is 3.07. The molecule has 1 saturated carbocycles. The number of amides is 2. The van der Waals surface area contributed by atoms with Crippen molar-refractivity contribution in [1.82, 2.24) is 10.2 Å². The number of carbonyl (C=O) groups is 3. The summed E-state index contributed by atoms with van der Waals surface area (Å²) in [5.41, 5.74) is 0. The van der Waals surface area contributed by atoms with Crippen LogP contribution in [0.1, 0.15) is 45.4 Å². The fourth-order valence-electron chi connectivity index (χ4n) is 3.16. The van der Waals surface area contributed by atoms with E-state index in [1.54, 1.807) is 6.92 Å². The first-order chi connectivity index (χ1) is 9.99. The van der Waals surface area contributed by atoms with Crippen molar-refractivity contribution in [1.29, 1.82) is 0 Å². The number of nitrogens with one attached hydrogen (secondary N) is 1. The summed E-state index contributed by atoms with van der Waals surface area (Å²) >= 11 is 0. The molecule has 2 unspecified atom stereocenters. The van der Waals surface area contributed by atoms with E-state index in [2.05, 4.69) is 5.32 Å². The highest BCUT2D eigenvalue weighted by Gasteiger charge is 2.38. The van der Waals surface area contributed by atoms with E-state index in [1.807, 2.05) is 4.90 Å². The molecule has 6 nitrogen and oxygen atoms in total. The lowest BCUT2D eigenvalue weighted by atomic mass is 10.1. The van der Waals surface area contributed by atoms with Crippen LogP contribution in [0.25, 0.3) is 0 Å². The Hall–Kier alpha value is -1.59. The first-order valence-corrected chi connectivity index (χ1v) is 7.79. The Morgan fingerprint density at radius 1 is 1.38 bits per heavy atom. The molecule has 1 aliphatic heterocycles. The minimum atomic E-state index is -0.854. The zero-order valence-electron chi connectivity index (χ0n) is 12.5. The Bertz CT molecular complexity index is 418. The van der Waals surface area contributed by atoms with Gasteiger partial charge in [-0.2, -0.15) is 0 Å². The van der Waals surface area contributed by atoms with Gasteiger partial charge in [-0.15, -0.1) is 0 Å². The summed E-state index contributed by atoms with van der Waals surface area (Å²) in [5, 5.41) is 11.5. The molecule has 6 heteroatoms. The lowest BCUT2D eigenvalue weighted by Crippen LogP contribution is -2.37. The number of carboxylic acids is 1. The van der Waals surface area contributed by atoms with Crippen molar-refractivity contribution in [2.24, 2.45) is 11.8 Å². The molecule has 1 heterocycles.